The molecule has 2 rings (SSSR count). The Kier molecular flexibility index (Phi) is 3.70. The summed E-state index contributed by atoms with van der Waals surface area (Å²) >= 11 is 0. The van der Waals surface area contributed by atoms with E-state index in [-0.39, 0.29) is 12.2 Å². The summed E-state index contributed by atoms with van der Waals surface area (Å²) in [4.78, 5) is 29.5. The Labute approximate surface area is 103 Å². The van der Waals surface area contributed by atoms with Gasteiger partial charge in [0.05, 0.1) is 0 Å². The largest absolute Gasteiger partial charge is 0.408 e. The molecule has 0 bridgehead atoms. The number of nitrogens with zero attached hydrogens (tertiary/aromatic N) is 1. The van der Waals surface area contributed by atoms with Gasteiger partial charge in [-0.2, -0.15) is 0 Å². The highest BCUT2D eigenvalue weighted by Gasteiger charge is 2.10. The highest BCUT2D eigenvalue weighted by atomic mass is 16.5. The first-order chi connectivity index (χ1) is 8.75. The minimum Gasteiger partial charge on any atom is -0.408 e. The number of H-pyrrole nitrogens is 1. The maximum atomic E-state index is 11.6. The number of nitrogens with one attached hydrogen (secondary N) is 2. The quantitative estimate of drug-likeness (QED) is 0.778. The van der Waals surface area contributed by atoms with E-state index < -0.39 is 11.9 Å². The second kappa shape index (κ2) is 5.62. The number of aromatic nitrogens is 2. The Morgan fingerprint density at radius 2 is 2.17 bits per heavy atom. The standard InChI is InChI=1S/C12H11N3O3/c16-11(18-10-5-3-7-14-10)8-15-12(17)9-4-1-2-6-13-9/h1-7,14H,8H2,(H,15,17). The Bertz CT molecular complexity index is 523. The van der Waals surface area contributed by atoms with E-state index in [1.165, 1.54) is 6.20 Å². The van der Waals surface area contributed by atoms with Gasteiger partial charge in [-0.1, -0.05) is 6.07 Å². The number of aromatic amines is 1. The molecule has 6 heteroatoms. The van der Waals surface area contributed by atoms with Gasteiger partial charge in [-0.3, -0.25) is 9.78 Å². The number of carbonyl (C=O) groups is 2. The van der Waals surface area contributed by atoms with E-state index in [9.17, 15) is 9.59 Å². The van der Waals surface area contributed by atoms with Crippen LogP contribution in [0.3, 0.4) is 0 Å². The van der Waals surface area contributed by atoms with Crippen LogP contribution >= 0.6 is 0 Å². The minimum absolute atomic E-state index is 0.214. The van der Waals surface area contributed by atoms with Crippen molar-refractivity contribution in [2.45, 2.75) is 0 Å². The number of amides is 1. The zero-order chi connectivity index (χ0) is 12.8. The third kappa shape index (κ3) is 3.18. The molecule has 2 aromatic rings. The summed E-state index contributed by atoms with van der Waals surface area (Å²) in [5.74, 6) is -0.632. The molecular weight excluding hydrogens is 234 g/mol. The molecule has 0 aliphatic rings. The summed E-state index contributed by atoms with van der Waals surface area (Å²) in [6.45, 7) is -0.214. The predicted molar refractivity (Wildman–Crippen MR) is 63.0 cm³/mol. The van der Waals surface area contributed by atoms with Crippen molar-refractivity contribution in [2.24, 2.45) is 0 Å². The average molecular weight is 245 g/mol. The van der Waals surface area contributed by atoms with Crippen molar-refractivity contribution >= 4 is 11.9 Å². The Balaban J connectivity index is 1.81. The van der Waals surface area contributed by atoms with Gasteiger partial charge in [-0.05, 0) is 18.2 Å². The molecular formula is C12H11N3O3. The van der Waals surface area contributed by atoms with E-state index >= 15 is 0 Å². The molecule has 2 N–H and O–H groups in total. The zero-order valence-electron chi connectivity index (χ0n) is 9.42. The van der Waals surface area contributed by atoms with E-state index in [4.69, 9.17) is 4.74 Å². The molecule has 0 saturated heterocycles. The van der Waals surface area contributed by atoms with Crippen molar-refractivity contribution in [3.05, 3.63) is 48.4 Å². The third-order valence-corrected chi connectivity index (χ3v) is 2.08. The van der Waals surface area contributed by atoms with Crippen LogP contribution in [0.5, 0.6) is 5.88 Å². The maximum Gasteiger partial charge on any atom is 0.332 e. The molecule has 0 spiro atoms. The highest BCUT2D eigenvalue weighted by Crippen LogP contribution is 2.04. The highest BCUT2D eigenvalue weighted by molar-refractivity contribution is 5.94. The topological polar surface area (TPSA) is 84.1 Å². The fourth-order valence-corrected chi connectivity index (χ4v) is 1.28. The molecule has 0 aliphatic heterocycles. The van der Waals surface area contributed by atoms with Crippen molar-refractivity contribution in [3.63, 3.8) is 0 Å². The maximum absolute atomic E-state index is 11.6. The number of esters is 1. The Hall–Kier alpha value is -2.63. The van der Waals surface area contributed by atoms with Gasteiger partial charge in [0.1, 0.15) is 12.2 Å². The van der Waals surface area contributed by atoms with Gasteiger partial charge in [0.25, 0.3) is 5.91 Å². The number of hydrogen-bond donors (Lipinski definition) is 2. The van der Waals surface area contributed by atoms with Crippen LogP contribution in [0.4, 0.5) is 0 Å². The molecule has 18 heavy (non-hydrogen) atoms. The SMILES string of the molecule is O=C(CNC(=O)c1ccccn1)Oc1ccc[nH]1. The van der Waals surface area contributed by atoms with Crippen LogP contribution in [0, 0.1) is 0 Å². The molecule has 0 unspecified atom stereocenters. The molecule has 92 valence electrons. The van der Waals surface area contributed by atoms with Crippen molar-refractivity contribution < 1.29 is 14.3 Å². The molecule has 6 nitrogen and oxygen atoms in total. The summed E-state index contributed by atoms with van der Waals surface area (Å²) < 4.78 is 4.91. The monoisotopic (exact) mass is 245 g/mol. The molecule has 0 radical (unpaired) electrons. The van der Waals surface area contributed by atoms with Crippen LogP contribution in [0.2, 0.25) is 0 Å². The van der Waals surface area contributed by atoms with E-state index in [0.29, 0.717) is 5.88 Å². The smallest absolute Gasteiger partial charge is 0.332 e. The van der Waals surface area contributed by atoms with Crippen molar-refractivity contribution in [2.75, 3.05) is 6.54 Å². The lowest BCUT2D eigenvalue weighted by Crippen LogP contribution is -2.32. The Morgan fingerprint density at radius 1 is 1.28 bits per heavy atom. The van der Waals surface area contributed by atoms with Crippen LogP contribution < -0.4 is 10.1 Å². The van der Waals surface area contributed by atoms with E-state index in [1.807, 2.05) is 0 Å². The van der Waals surface area contributed by atoms with Crippen molar-refractivity contribution in [1.82, 2.24) is 15.3 Å². The second-order valence-electron chi connectivity index (χ2n) is 3.41. The molecule has 0 aromatic carbocycles. The van der Waals surface area contributed by atoms with Crippen molar-refractivity contribution in [1.29, 1.82) is 0 Å². The van der Waals surface area contributed by atoms with Crippen LogP contribution in [-0.4, -0.2) is 28.4 Å². The van der Waals surface area contributed by atoms with E-state index in [0.717, 1.165) is 0 Å². The average Bonchev–Trinajstić information content (AvgIpc) is 2.90. The van der Waals surface area contributed by atoms with Crippen LogP contribution in [-0.2, 0) is 4.79 Å². The molecule has 0 aliphatic carbocycles. The molecule has 2 heterocycles. The van der Waals surface area contributed by atoms with Crippen LogP contribution in [0.25, 0.3) is 0 Å². The second-order valence-corrected chi connectivity index (χ2v) is 3.41. The lowest BCUT2D eigenvalue weighted by atomic mass is 10.3. The van der Waals surface area contributed by atoms with E-state index in [1.54, 1.807) is 36.5 Å². The van der Waals surface area contributed by atoms with Crippen LogP contribution in [0.15, 0.2) is 42.7 Å². The number of carbonyl (C=O) groups excluding carboxylic acids is 2. The number of hydrogen-bond acceptors (Lipinski definition) is 4. The Morgan fingerprint density at radius 3 is 2.83 bits per heavy atom. The van der Waals surface area contributed by atoms with E-state index in [2.05, 4.69) is 15.3 Å². The molecule has 0 fully saturated rings. The fraction of sp³-hybridized carbons (Fsp3) is 0.0833. The zero-order valence-corrected chi connectivity index (χ0v) is 9.42. The number of rotatable bonds is 4. The van der Waals surface area contributed by atoms with Gasteiger partial charge in [0.15, 0.2) is 0 Å². The first kappa shape index (κ1) is 11.8. The lowest BCUT2D eigenvalue weighted by molar-refractivity contribution is -0.133. The molecule has 0 saturated carbocycles. The van der Waals surface area contributed by atoms with Gasteiger partial charge in [-0.15, -0.1) is 0 Å². The molecule has 1 amide bonds. The summed E-state index contributed by atoms with van der Waals surface area (Å²) in [5, 5.41) is 2.42. The van der Waals surface area contributed by atoms with Gasteiger partial charge < -0.3 is 15.0 Å². The molecule has 0 atom stereocenters. The van der Waals surface area contributed by atoms with Crippen molar-refractivity contribution in [3.8, 4) is 5.88 Å². The fourth-order valence-electron chi connectivity index (χ4n) is 1.28. The lowest BCUT2D eigenvalue weighted by Gasteiger charge is -2.04. The summed E-state index contributed by atoms with van der Waals surface area (Å²) in [6, 6.07) is 8.27. The van der Waals surface area contributed by atoms with Gasteiger partial charge in [0.2, 0.25) is 5.88 Å². The first-order valence-electron chi connectivity index (χ1n) is 5.29. The molecule has 2 aromatic heterocycles. The van der Waals surface area contributed by atoms with Gasteiger partial charge in [0, 0.05) is 18.5 Å². The summed E-state index contributed by atoms with van der Waals surface area (Å²) in [6.07, 6.45) is 3.14. The number of pyridine rings is 1. The summed E-state index contributed by atoms with van der Waals surface area (Å²) in [5.41, 5.74) is 0.255. The van der Waals surface area contributed by atoms with Gasteiger partial charge in [-0.25, -0.2) is 4.79 Å². The predicted octanol–water partition coefficient (Wildman–Crippen LogP) is 0.745. The normalized spacial score (nSPS) is 9.78. The summed E-state index contributed by atoms with van der Waals surface area (Å²) in [7, 11) is 0. The van der Waals surface area contributed by atoms with Crippen LogP contribution in [0.1, 0.15) is 10.5 Å². The van der Waals surface area contributed by atoms with Gasteiger partial charge >= 0.3 is 5.97 Å². The first-order valence-corrected chi connectivity index (χ1v) is 5.29. The third-order valence-electron chi connectivity index (χ3n) is 2.08. The minimum atomic E-state index is -0.554. The number of ether oxygens (including phenoxy) is 1.